The van der Waals surface area contributed by atoms with Gasteiger partial charge in [-0.15, -0.1) is 0 Å². The van der Waals surface area contributed by atoms with Crippen molar-refractivity contribution in [3.8, 4) is 17.2 Å². The average Bonchev–Trinajstić information content (AvgIpc) is 2.75. The van der Waals surface area contributed by atoms with Gasteiger partial charge in [0.25, 0.3) is 5.89 Å². The second-order valence-corrected chi connectivity index (χ2v) is 4.38. The van der Waals surface area contributed by atoms with Crippen molar-refractivity contribution in [2.24, 2.45) is 5.92 Å². The van der Waals surface area contributed by atoms with E-state index in [0.29, 0.717) is 23.2 Å². The van der Waals surface area contributed by atoms with E-state index in [1.807, 2.05) is 0 Å². The molecule has 0 saturated heterocycles. The zero-order valence-corrected chi connectivity index (χ0v) is 9.92. The maximum Gasteiger partial charge on any atom is 0.259 e. The number of pyridine rings is 1. The predicted molar refractivity (Wildman–Crippen MR) is 62.4 cm³/mol. The Hall–Kier alpha value is -1.91. The first-order valence-electron chi connectivity index (χ1n) is 5.62. The first-order valence-corrected chi connectivity index (χ1v) is 5.62. The Morgan fingerprint density at radius 2 is 2.18 bits per heavy atom. The van der Waals surface area contributed by atoms with E-state index in [-0.39, 0.29) is 5.75 Å². The van der Waals surface area contributed by atoms with E-state index in [9.17, 15) is 5.11 Å². The molecule has 2 aromatic heterocycles. The van der Waals surface area contributed by atoms with Gasteiger partial charge in [-0.1, -0.05) is 19.0 Å². The molecule has 1 N–H and O–H groups in total. The highest BCUT2D eigenvalue weighted by molar-refractivity contribution is 5.53. The molecule has 0 amide bonds. The highest BCUT2D eigenvalue weighted by atomic mass is 16.5. The summed E-state index contributed by atoms with van der Waals surface area (Å²) in [6.07, 6.45) is 4.77. The van der Waals surface area contributed by atoms with Crippen LogP contribution >= 0.6 is 0 Å². The molecular weight excluding hydrogens is 218 g/mol. The molecule has 0 aromatic carbocycles. The topological polar surface area (TPSA) is 72.0 Å². The Morgan fingerprint density at radius 1 is 1.35 bits per heavy atom. The standard InChI is InChI=1S/C12H15N3O2/c1-8(2)3-4-11-14-12(17-15-11)9-5-10(16)7-13-6-9/h5-8,16H,3-4H2,1-2H3. The zero-order valence-electron chi connectivity index (χ0n) is 9.92. The van der Waals surface area contributed by atoms with E-state index >= 15 is 0 Å². The van der Waals surface area contributed by atoms with Crippen molar-refractivity contribution in [3.63, 3.8) is 0 Å². The summed E-state index contributed by atoms with van der Waals surface area (Å²) in [5.41, 5.74) is 0.633. The third kappa shape index (κ3) is 3.03. The van der Waals surface area contributed by atoms with E-state index in [1.54, 1.807) is 12.3 Å². The van der Waals surface area contributed by atoms with Gasteiger partial charge in [0.15, 0.2) is 5.82 Å². The number of hydrogen-bond acceptors (Lipinski definition) is 5. The first kappa shape index (κ1) is 11.6. The summed E-state index contributed by atoms with van der Waals surface area (Å²) < 4.78 is 5.13. The minimum atomic E-state index is 0.0874. The number of aromatic hydroxyl groups is 1. The molecule has 0 fully saturated rings. The second-order valence-electron chi connectivity index (χ2n) is 4.38. The van der Waals surface area contributed by atoms with Crippen molar-refractivity contribution in [1.82, 2.24) is 15.1 Å². The molecule has 0 aliphatic heterocycles. The van der Waals surface area contributed by atoms with Crippen molar-refractivity contribution in [2.45, 2.75) is 26.7 Å². The molecule has 0 atom stereocenters. The lowest BCUT2D eigenvalue weighted by molar-refractivity contribution is 0.418. The van der Waals surface area contributed by atoms with Crippen molar-refractivity contribution in [1.29, 1.82) is 0 Å². The highest BCUT2D eigenvalue weighted by Crippen LogP contribution is 2.20. The maximum absolute atomic E-state index is 9.30. The van der Waals surface area contributed by atoms with Gasteiger partial charge in [-0.25, -0.2) is 0 Å². The molecule has 0 radical (unpaired) electrons. The van der Waals surface area contributed by atoms with Crippen LogP contribution in [-0.4, -0.2) is 20.2 Å². The molecule has 2 heterocycles. The van der Waals surface area contributed by atoms with Gasteiger partial charge in [0, 0.05) is 12.6 Å². The fourth-order valence-corrected chi connectivity index (χ4v) is 1.44. The van der Waals surface area contributed by atoms with Gasteiger partial charge < -0.3 is 9.63 Å². The Bertz CT molecular complexity index is 494. The van der Waals surface area contributed by atoms with E-state index in [2.05, 4.69) is 29.0 Å². The van der Waals surface area contributed by atoms with Crippen molar-refractivity contribution in [2.75, 3.05) is 0 Å². The Balaban J connectivity index is 2.12. The maximum atomic E-state index is 9.30. The van der Waals surface area contributed by atoms with Gasteiger partial charge in [-0.05, 0) is 18.4 Å². The number of aryl methyl sites for hydroxylation is 1. The minimum Gasteiger partial charge on any atom is -0.506 e. The number of aromatic nitrogens is 3. The number of hydrogen-bond donors (Lipinski definition) is 1. The summed E-state index contributed by atoms with van der Waals surface area (Å²) in [6.45, 7) is 4.31. The summed E-state index contributed by atoms with van der Waals surface area (Å²) in [6, 6.07) is 1.55. The Morgan fingerprint density at radius 3 is 2.88 bits per heavy atom. The van der Waals surface area contributed by atoms with Crippen LogP contribution in [0.5, 0.6) is 5.75 Å². The highest BCUT2D eigenvalue weighted by Gasteiger charge is 2.10. The van der Waals surface area contributed by atoms with Gasteiger partial charge in [-0.3, -0.25) is 4.98 Å². The molecule has 2 aromatic rings. The van der Waals surface area contributed by atoms with Crippen LogP contribution in [0.15, 0.2) is 23.0 Å². The van der Waals surface area contributed by atoms with E-state index in [1.165, 1.54) is 6.20 Å². The largest absolute Gasteiger partial charge is 0.506 e. The van der Waals surface area contributed by atoms with Crippen molar-refractivity contribution in [3.05, 3.63) is 24.3 Å². The van der Waals surface area contributed by atoms with Crippen LogP contribution in [0.3, 0.4) is 0 Å². The molecule has 90 valence electrons. The first-order chi connectivity index (χ1) is 8.15. The lowest BCUT2D eigenvalue weighted by Gasteiger charge is -1.98. The minimum absolute atomic E-state index is 0.0874. The quantitative estimate of drug-likeness (QED) is 0.878. The van der Waals surface area contributed by atoms with Gasteiger partial charge in [0.05, 0.1) is 11.8 Å². The van der Waals surface area contributed by atoms with Crippen molar-refractivity contribution < 1.29 is 9.63 Å². The zero-order chi connectivity index (χ0) is 12.3. The Labute approximate surface area is 99.5 Å². The lowest BCUT2D eigenvalue weighted by Crippen LogP contribution is -1.93. The van der Waals surface area contributed by atoms with Crippen LogP contribution in [0.2, 0.25) is 0 Å². The molecule has 0 bridgehead atoms. The molecule has 0 aliphatic carbocycles. The number of rotatable bonds is 4. The SMILES string of the molecule is CC(C)CCc1noc(-c2cncc(O)c2)n1. The lowest BCUT2D eigenvalue weighted by atomic mass is 10.1. The van der Waals surface area contributed by atoms with Gasteiger partial charge in [0.2, 0.25) is 0 Å². The second kappa shape index (κ2) is 4.95. The summed E-state index contributed by atoms with van der Waals surface area (Å²) in [5.74, 6) is 1.79. The summed E-state index contributed by atoms with van der Waals surface area (Å²) in [4.78, 5) is 8.13. The van der Waals surface area contributed by atoms with Crippen LogP contribution in [0.4, 0.5) is 0 Å². The monoisotopic (exact) mass is 233 g/mol. The van der Waals surface area contributed by atoms with Gasteiger partial charge in [0.1, 0.15) is 5.75 Å². The molecule has 5 nitrogen and oxygen atoms in total. The molecular formula is C12H15N3O2. The molecule has 0 saturated carbocycles. The van der Waals surface area contributed by atoms with Crippen LogP contribution in [0, 0.1) is 5.92 Å². The van der Waals surface area contributed by atoms with Crippen molar-refractivity contribution >= 4 is 0 Å². The molecule has 0 unspecified atom stereocenters. The van der Waals surface area contributed by atoms with E-state index < -0.39 is 0 Å². The van der Waals surface area contributed by atoms with E-state index in [0.717, 1.165) is 12.8 Å². The summed E-state index contributed by atoms with van der Waals surface area (Å²) in [5, 5.41) is 13.2. The average molecular weight is 233 g/mol. The van der Waals surface area contributed by atoms with Crippen LogP contribution < -0.4 is 0 Å². The smallest absolute Gasteiger partial charge is 0.259 e. The summed E-state index contributed by atoms with van der Waals surface area (Å²) in [7, 11) is 0. The van der Waals surface area contributed by atoms with E-state index in [4.69, 9.17) is 4.52 Å². The molecule has 5 heteroatoms. The van der Waals surface area contributed by atoms with Crippen LogP contribution in [0.25, 0.3) is 11.5 Å². The third-order valence-corrected chi connectivity index (χ3v) is 2.38. The number of nitrogens with zero attached hydrogens (tertiary/aromatic N) is 3. The fraction of sp³-hybridized carbons (Fsp3) is 0.417. The Kier molecular flexibility index (Phi) is 3.37. The van der Waals surface area contributed by atoms with Gasteiger partial charge >= 0.3 is 0 Å². The fourth-order valence-electron chi connectivity index (χ4n) is 1.44. The predicted octanol–water partition coefficient (Wildman–Crippen LogP) is 2.43. The molecule has 0 aliphatic rings. The molecule has 2 rings (SSSR count). The third-order valence-electron chi connectivity index (χ3n) is 2.38. The van der Waals surface area contributed by atoms with Crippen LogP contribution in [-0.2, 0) is 6.42 Å². The normalized spacial score (nSPS) is 11.0. The molecule has 0 spiro atoms. The van der Waals surface area contributed by atoms with Gasteiger partial charge in [-0.2, -0.15) is 4.98 Å². The molecule has 17 heavy (non-hydrogen) atoms. The van der Waals surface area contributed by atoms with Crippen LogP contribution in [0.1, 0.15) is 26.1 Å². The summed E-state index contributed by atoms with van der Waals surface area (Å²) >= 11 is 0.